The third-order valence-electron chi connectivity index (χ3n) is 2.84. The Labute approximate surface area is 113 Å². The largest absolute Gasteiger partial charge is 0.478 e. The summed E-state index contributed by atoms with van der Waals surface area (Å²) in [6, 6.07) is 5.29. The SMILES string of the molecule is CCCCNC(=O)c1cccc(C=CC(=O)O)c1C. The number of benzene rings is 1. The molecule has 0 bridgehead atoms. The summed E-state index contributed by atoms with van der Waals surface area (Å²) in [6.45, 7) is 4.54. The molecule has 1 amide bonds. The first-order chi connectivity index (χ1) is 9.06. The van der Waals surface area contributed by atoms with Crippen molar-refractivity contribution in [3.8, 4) is 0 Å². The van der Waals surface area contributed by atoms with Gasteiger partial charge in [-0.25, -0.2) is 4.79 Å². The van der Waals surface area contributed by atoms with Gasteiger partial charge in [-0.15, -0.1) is 0 Å². The number of unbranched alkanes of at least 4 members (excludes halogenated alkanes) is 1. The van der Waals surface area contributed by atoms with E-state index in [4.69, 9.17) is 5.11 Å². The van der Waals surface area contributed by atoms with Crippen molar-refractivity contribution < 1.29 is 14.7 Å². The van der Waals surface area contributed by atoms with Crippen LogP contribution in [-0.2, 0) is 4.79 Å². The Balaban J connectivity index is 2.88. The minimum Gasteiger partial charge on any atom is -0.478 e. The van der Waals surface area contributed by atoms with Crippen molar-refractivity contribution in [2.75, 3.05) is 6.54 Å². The van der Waals surface area contributed by atoms with E-state index in [0.29, 0.717) is 12.1 Å². The maximum Gasteiger partial charge on any atom is 0.328 e. The molecule has 0 atom stereocenters. The lowest BCUT2D eigenvalue weighted by molar-refractivity contribution is -0.131. The highest BCUT2D eigenvalue weighted by atomic mass is 16.4. The number of nitrogens with one attached hydrogen (secondary N) is 1. The van der Waals surface area contributed by atoms with E-state index < -0.39 is 5.97 Å². The van der Waals surface area contributed by atoms with Crippen LogP contribution in [0.4, 0.5) is 0 Å². The molecule has 0 aliphatic carbocycles. The van der Waals surface area contributed by atoms with Crippen LogP contribution in [0.2, 0.25) is 0 Å². The molecule has 0 aliphatic rings. The van der Waals surface area contributed by atoms with E-state index in [0.717, 1.165) is 30.0 Å². The predicted molar refractivity (Wildman–Crippen MR) is 75.1 cm³/mol. The van der Waals surface area contributed by atoms with Gasteiger partial charge in [-0.1, -0.05) is 25.5 Å². The average molecular weight is 261 g/mol. The summed E-state index contributed by atoms with van der Waals surface area (Å²) in [4.78, 5) is 22.5. The third kappa shape index (κ3) is 4.58. The standard InChI is InChI=1S/C15H19NO3/c1-3-4-10-16-15(19)13-7-5-6-12(11(13)2)8-9-14(17)18/h5-9H,3-4,10H2,1-2H3,(H,16,19)(H,17,18). The Bertz CT molecular complexity index is 492. The number of carbonyl (C=O) groups excluding carboxylic acids is 1. The third-order valence-corrected chi connectivity index (χ3v) is 2.84. The zero-order valence-electron chi connectivity index (χ0n) is 11.3. The van der Waals surface area contributed by atoms with Crippen molar-refractivity contribution in [2.24, 2.45) is 0 Å². The van der Waals surface area contributed by atoms with Gasteiger partial charge in [0, 0.05) is 18.2 Å². The van der Waals surface area contributed by atoms with Gasteiger partial charge in [-0.3, -0.25) is 4.79 Å². The number of hydrogen-bond donors (Lipinski definition) is 2. The summed E-state index contributed by atoms with van der Waals surface area (Å²) >= 11 is 0. The van der Waals surface area contributed by atoms with Crippen LogP contribution in [-0.4, -0.2) is 23.5 Å². The molecule has 0 radical (unpaired) electrons. The lowest BCUT2D eigenvalue weighted by Crippen LogP contribution is -2.25. The van der Waals surface area contributed by atoms with Gasteiger partial charge >= 0.3 is 5.97 Å². The van der Waals surface area contributed by atoms with E-state index in [9.17, 15) is 9.59 Å². The quantitative estimate of drug-likeness (QED) is 0.611. The molecule has 19 heavy (non-hydrogen) atoms. The highest BCUT2D eigenvalue weighted by Crippen LogP contribution is 2.15. The number of carboxylic acids is 1. The van der Waals surface area contributed by atoms with Crippen molar-refractivity contribution in [1.82, 2.24) is 5.32 Å². The van der Waals surface area contributed by atoms with E-state index >= 15 is 0 Å². The zero-order valence-corrected chi connectivity index (χ0v) is 11.3. The van der Waals surface area contributed by atoms with Crippen LogP contribution in [0, 0.1) is 6.92 Å². The molecule has 0 saturated heterocycles. The van der Waals surface area contributed by atoms with Gasteiger partial charge < -0.3 is 10.4 Å². The first kappa shape index (κ1) is 15.0. The van der Waals surface area contributed by atoms with Gasteiger partial charge in [0.2, 0.25) is 0 Å². The van der Waals surface area contributed by atoms with Crippen molar-refractivity contribution in [2.45, 2.75) is 26.7 Å². The Morgan fingerprint density at radius 2 is 2.11 bits per heavy atom. The summed E-state index contributed by atoms with van der Waals surface area (Å²) in [5.74, 6) is -1.12. The number of hydrogen-bond acceptors (Lipinski definition) is 2. The molecule has 102 valence electrons. The molecule has 0 spiro atoms. The summed E-state index contributed by atoms with van der Waals surface area (Å²) in [6.07, 6.45) is 4.55. The van der Waals surface area contributed by atoms with Gasteiger partial charge in [0.05, 0.1) is 0 Å². The van der Waals surface area contributed by atoms with Crippen molar-refractivity contribution >= 4 is 18.0 Å². The lowest BCUT2D eigenvalue weighted by atomic mass is 10.0. The fourth-order valence-electron chi connectivity index (χ4n) is 1.72. The number of carbonyl (C=O) groups is 2. The van der Waals surface area contributed by atoms with Crippen LogP contribution >= 0.6 is 0 Å². The summed E-state index contributed by atoms with van der Waals surface area (Å²) in [7, 11) is 0. The van der Waals surface area contributed by atoms with Gasteiger partial charge in [-0.05, 0) is 36.6 Å². The Kier molecular flexibility index (Phi) is 5.79. The van der Waals surface area contributed by atoms with E-state index in [1.165, 1.54) is 6.08 Å². The molecular weight excluding hydrogens is 242 g/mol. The molecule has 4 heteroatoms. The maximum atomic E-state index is 12.0. The van der Waals surface area contributed by atoms with Crippen LogP contribution in [0.5, 0.6) is 0 Å². The predicted octanol–water partition coefficient (Wildman–Crippen LogP) is 2.62. The normalized spacial score (nSPS) is 10.6. The number of carboxylic acid groups (broad SMARTS) is 1. The van der Waals surface area contributed by atoms with Gasteiger partial charge in [0.25, 0.3) is 5.91 Å². The van der Waals surface area contributed by atoms with Crippen LogP contribution in [0.1, 0.15) is 41.3 Å². The van der Waals surface area contributed by atoms with E-state index in [1.807, 2.05) is 6.92 Å². The molecule has 1 rings (SSSR count). The van der Waals surface area contributed by atoms with Crippen molar-refractivity contribution in [3.05, 3.63) is 41.0 Å². The molecule has 0 aliphatic heterocycles. The molecular formula is C15H19NO3. The molecule has 0 unspecified atom stereocenters. The van der Waals surface area contributed by atoms with Gasteiger partial charge in [0.15, 0.2) is 0 Å². The topological polar surface area (TPSA) is 66.4 Å². The Morgan fingerprint density at radius 3 is 2.74 bits per heavy atom. The fourth-order valence-corrected chi connectivity index (χ4v) is 1.72. The first-order valence-corrected chi connectivity index (χ1v) is 6.35. The molecule has 0 fully saturated rings. The second-order valence-electron chi connectivity index (χ2n) is 4.30. The summed E-state index contributed by atoms with van der Waals surface area (Å²) in [5, 5.41) is 11.5. The van der Waals surface area contributed by atoms with Crippen LogP contribution in [0.25, 0.3) is 6.08 Å². The number of amides is 1. The second kappa shape index (κ2) is 7.36. The van der Waals surface area contributed by atoms with Gasteiger partial charge in [-0.2, -0.15) is 0 Å². The highest BCUT2D eigenvalue weighted by molar-refractivity contribution is 5.97. The minimum atomic E-state index is -1.00. The van der Waals surface area contributed by atoms with Crippen LogP contribution in [0.15, 0.2) is 24.3 Å². The molecule has 0 heterocycles. The summed E-state index contributed by atoms with van der Waals surface area (Å²) in [5.41, 5.74) is 2.11. The Morgan fingerprint density at radius 1 is 1.37 bits per heavy atom. The van der Waals surface area contributed by atoms with E-state index in [2.05, 4.69) is 12.2 Å². The summed E-state index contributed by atoms with van der Waals surface area (Å²) < 4.78 is 0. The fraction of sp³-hybridized carbons (Fsp3) is 0.333. The van der Waals surface area contributed by atoms with E-state index in [-0.39, 0.29) is 5.91 Å². The molecule has 1 aromatic carbocycles. The smallest absolute Gasteiger partial charge is 0.328 e. The highest BCUT2D eigenvalue weighted by Gasteiger charge is 2.09. The lowest BCUT2D eigenvalue weighted by Gasteiger charge is -2.09. The molecule has 0 aromatic heterocycles. The van der Waals surface area contributed by atoms with E-state index in [1.54, 1.807) is 18.2 Å². The van der Waals surface area contributed by atoms with Crippen LogP contribution < -0.4 is 5.32 Å². The Hall–Kier alpha value is -2.10. The molecule has 2 N–H and O–H groups in total. The van der Waals surface area contributed by atoms with Gasteiger partial charge in [0.1, 0.15) is 0 Å². The molecule has 0 saturated carbocycles. The first-order valence-electron chi connectivity index (χ1n) is 6.35. The van der Waals surface area contributed by atoms with Crippen molar-refractivity contribution in [3.63, 3.8) is 0 Å². The molecule has 4 nitrogen and oxygen atoms in total. The second-order valence-corrected chi connectivity index (χ2v) is 4.30. The number of aliphatic carboxylic acids is 1. The average Bonchev–Trinajstić information content (AvgIpc) is 2.37. The minimum absolute atomic E-state index is 0.114. The number of rotatable bonds is 6. The maximum absolute atomic E-state index is 12.0. The van der Waals surface area contributed by atoms with Crippen molar-refractivity contribution in [1.29, 1.82) is 0 Å². The zero-order chi connectivity index (χ0) is 14.3. The van der Waals surface area contributed by atoms with Crippen LogP contribution in [0.3, 0.4) is 0 Å². The monoisotopic (exact) mass is 261 g/mol. The molecule has 1 aromatic rings.